The molecular weight excluding hydrogens is 184 g/mol. The van der Waals surface area contributed by atoms with Crippen LogP contribution in [0.4, 0.5) is 0 Å². The molecule has 13 heavy (non-hydrogen) atoms. The highest BCUT2D eigenvalue weighted by Crippen LogP contribution is 2.33. The maximum absolute atomic E-state index is 10.0. The third kappa shape index (κ3) is 1.74. The van der Waals surface area contributed by atoms with E-state index in [0.29, 0.717) is 5.92 Å². The molecule has 2 unspecified atom stereocenters. The Labute approximate surface area is 82.1 Å². The Morgan fingerprint density at radius 1 is 1.77 bits per heavy atom. The molecule has 0 radical (unpaired) electrons. The van der Waals surface area contributed by atoms with E-state index in [4.69, 9.17) is 0 Å². The second-order valence-electron chi connectivity index (χ2n) is 3.45. The van der Waals surface area contributed by atoms with Gasteiger partial charge in [-0.3, -0.25) is 4.68 Å². The molecule has 3 nitrogen and oxygen atoms in total. The summed E-state index contributed by atoms with van der Waals surface area (Å²) in [6, 6.07) is 1.90. The van der Waals surface area contributed by atoms with Crippen molar-refractivity contribution in [1.29, 1.82) is 0 Å². The molecule has 0 bridgehead atoms. The Kier molecular flexibility index (Phi) is 2.60. The molecule has 2 rings (SSSR count). The fourth-order valence-corrected chi connectivity index (χ4v) is 3.01. The van der Waals surface area contributed by atoms with Crippen LogP contribution < -0.4 is 0 Å². The normalized spacial score (nSPS) is 24.9. The largest absolute Gasteiger partial charge is 0.386 e. The van der Waals surface area contributed by atoms with Gasteiger partial charge in [-0.1, -0.05) is 0 Å². The van der Waals surface area contributed by atoms with Crippen molar-refractivity contribution in [2.24, 2.45) is 13.0 Å². The minimum Gasteiger partial charge on any atom is -0.386 e. The van der Waals surface area contributed by atoms with E-state index in [-0.39, 0.29) is 6.10 Å². The van der Waals surface area contributed by atoms with Gasteiger partial charge in [-0.2, -0.15) is 16.9 Å². The maximum Gasteiger partial charge on any atom is 0.0992 e. The number of aromatic nitrogens is 2. The Hall–Kier alpha value is -0.480. The van der Waals surface area contributed by atoms with Crippen LogP contribution in [0, 0.1) is 5.92 Å². The number of hydrogen-bond donors (Lipinski definition) is 1. The lowest BCUT2D eigenvalue weighted by Crippen LogP contribution is -2.15. The first-order valence-corrected chi connectivity index (χ1v) is 5.68. The molecule has 1 aliphatic heterocycles. The zero-order valence-corrected chi connectivity index (χ0v) is 8.50. The highest BCUT2D eigenvalue weighted by Gasteiger charge is 2.26. The average molecular weight is 198 g/mol. The molecule has 1 aromatic rings. The van der Waals surface area contributed by atoms with Crippen molar-refractivity contribution in [3.8, 4) is 0 Å². The molecule has 2 heterocycles. The molecule has 1 aliphatic rings. The van der Waals surface area contributed by atoms with E-state index in [1.807, 2.05) is 24.9 Å². The van der Waals surface area contributed by atoms with Crippen LogP contribution in [-0.2, 0) is 7.05 Å². The van der Waals surface area contributed by atoms with Gasteiger partial charge >= 0.3 is 0 Å². The summed E-state index contributed by atoms with van der Waals surface area (Å²) in [4.78, 5) is 0. The molecule has 0 aromatic carbocycles. The minimum atomic E-state index is -0.331. The van der Waals surface area contributed by atoms with Crippen molar-refractivity contribution in [2.45, 2.75) is 12.5 Å². The van der Waals surface area contributed by atoms with E-state index in [0.717, 1.165) is 17.9 Å². The van der Waals surface area contributed by atoms with E-state index in [1.54, 1.807) is 10.9 Å². The smallest absolute Gasteiger partial charge is 0.0992 e. The molecular formula is C9H14N2OS. The fraction of sp³-hybridized carbons (Fsp3) is 0.667. The number of aliphatic hydroxyl groups excluding tert-OH is 1. The zero-order valence-electron chi connectivity index (χ0n) is 7.68. The minimum absolute atomic E-state index is 0.331. The van der Waals surface area contributed by atoms with E-state index in [2.05, 4.69) is 5.10 Å². The van der Waals surface area contributed by atoms with Gasteiger partial charge in [0, 0.05) is 19.2 Å². The number of aliphatic hydroxyl groups is 1. The van der Waals surface area contributed by atoms with Crippen molar-refractivity contribution in [3.63, 3.8) is 0 Å². The summed E-state index contributed by atoms with van der Waals surface area (Å²) in [7, 11) is 1.88. The molecule has 72 valence electrons. The quantitative estimate of drug-likeness (QED) is 0.776. The highest BCUT2D eigenvalue weighted by atomic mass is 32.2. The molecule has 0 spiro atoms. The molecule has 1 aromatic heterocycles. The van der Waals surface area contributed by atoms with Crippen LogP contribution in [0.25, 0.3) is 0 Å². The predicted molar refractivity (Wildman–Crippen MR) is 53.6 cm³/mol. The number of aryl methyl sites for hydroxylation is 1. The van der Waals surface area contributed by atoms with Crippen molar-refractivity contribution in [2.75, 3.05) is 11.5 Å². The van der Waals surface area contributed by atoms with Crippen molar-refractivity contribution in [1.82, 2.24) is 9.78 Å². The van der Waals surface area contributed by atoms with Gasteiger partial charge in [0.05, 0.1) is 11.8 Å². The monoisotopic (exact) mass is 198 g/mol. The fourth-order valence-electron chi connectivity index (χ4n) is 1.72. The summed E-state index contributed by atoms with van der Waals surface area (Å²) in [5, 5.41) is 14.1. The van der Waals surface area contributed by atoms with Gasteiger partial charge in [-0.25, -0.2) is 0 Å². The van der Waals surface area contributed by atoms with Gasteiger partial charge in [0.1, 0.15) is 0 Å². The van der Waals surface area contributed by atoms with E-state index < -0.39 is 0 Å². The summed E-state index contributed by atoms with van der Waals surface area (Å²) < 4.78 is 1.76. The first kappa shape index (κ1) is 9.09. The van der Waals surface area contributed by atoms with Gasteiger partial charge in [0.2, 0.25) is 0 Å². The Balaban J connectivity index is 2.12. The first-order chi connectivity index (χ1) is 6.29. The molecule has 0 saturated carbocycles. The van der Waals surface area contributed by atoms with Gasteiger partial charge in [0.25, 0.3) is 0 Å². The highest BCUT2D eigenvalue weighted by molar-refractivity contribution is 7.99. The second kappa shape index (κ2) is 3.72. The van der Waals surface area contributed by atoms with Crippen LogP contribution in [0.5, 0.6) is 0 Å². The lowest BCUT2D eigenvalue weighted by atomic mass is 9.99. The Bertz CT molecular complexity index is 281. The van der Waals surface area contributed by atoms with Crippen LogP contribution in [0.2, 0.25) is 0 Å². The van der Waals surface area contributed by atoms with E-state index in [9.17, 15) is 5.11 Å². The zero-order chi connectivity index (χ0) is 9.26. The van der Waals surface area contributed by atoms with Gasteiger partial charge in [-0.15, -0.1) is 0 Å². The van der Waals surface area contributed by atoms with Crippen molar-refractivity contribution >= 4 is 11.8 Å². The van der Waals surface area contributed by atoms with Crippen LogP contribution in [0.1, 0.15) is 18.2 Å². The number of nitrogens with zero attached hydrogens (tertiary/aromatic N) is 2. The van der Waals surface area contributed by atoms with Crippen molar-refractivity contribution < 1.29 is 5.11 Å². The number of thioether (sulfide) groups is 1. The SMILES string of the molecule is Cn1nccc1C(O)C1CCSC1. The number of hydrogen-bond acceptors (Lipinski definition) is 3. The molecule has 2 atom stereocenters. The maximum atomic E-state index is 10.0. The van der Waals surface area contributed by atoms with Gasteiger partial charge in [-0.05, 0) is 24.0 Å². The Morgan fingerprint density at radius 2 is 2.62 bits per heavy atom. The average Bonchev–Trinajstić information content (AvgIpc) is 2.72. The molecule has 1 N–H and O–H groups in total. The third-order valence-electron chi connectivity index (χ3n) is 2.57. The lowest BCUT2D eigenvalue weighted by Gasteiger charge is -2.16. The van der Waals surface area contributed by atoms with Crippen molar-refractivity contribution in [3.05, 3.63) is 18.0 Å². The van der Waals surface area contributed by atoms with E-state index >= 15 is 0 Å². The molecule has 0 aliphatic carbocycles. The summed E-state index contributed by atoms with van der Waals surface area (Å²) in [6.45, 7) is 0. The first-order valence-electron chi connectivity index (χ1n) is 4.53. The second-order valence-corrected chi connectivity index (χ2v) is 4.60. The summed E-state index contributed by atoms with van der Waals surface area (Å²) in [6.07, 6.45) is 2.53. The van der Waals surface area contributed by atoms with Gasteiger partial charge in [0.15, 0.2) is 0 Å². The van der Waals surface area contributed by atoms with Crippen LogP contribution in [0.15, 0.2) is 12.3 Å². The number of rotatable bonds is 2. The summed E-state index contributed by atoms with van der Waals surface area (Å²) in [5.74, 6) is 2.67. The predicted octanol–water partition coefficient (Wildman–Crippen LogP) is 1.21. The third-order valence-corrected chi connectivity index (χ3v) is 3.76. The molecule has 4 heteroatoms. The van der Waals surface area contributed by atoms with Crippen LogP contribution in [-0.4, -0.2) is 26.4 Å². The van der Waals surface area contributed by atoms with Crippen LogP contribution in [0.3, 0.4) is 0 Å². The lowest BCUT2D eigenvalue weighted by molar-refractivity contribution is 0.113. The molecule has 1 fully saturated rings. The summed E-state index contributed by atoms with van der Waals surface area (Å²) >= 11 is 1.92. The Morgan fingerprint density at radius 3 is 3.15 bits per heavy atom. The van der Waals surface area contributed by atoms with E-state index in [1.165, 1.54) is 5.75 Å². The topological polar surface area (TPSA) is 38.0 Å². The van der Waals surface area contributed by atoms with Gasteiger partial charge < -0.3 is 5.11 Å². The van der Waals surface area contributed by atoms with Crippen LogP contribution >= 0.6 is 11.8 Å². The molecule has 1 saturated heterocycles. The summed E-state index contributed by atoms with van der Waals surface area (Å²) in [5.41, 5.74) is 0.938. The standard InChI is InChI=1S/C9H14N2OS/c1-11-8(2-4-10-11)9(12)7-3-5-13-6-7/h2,4,7,9,12H,3,5-6H2,1H3. The molecule has 0 amide bonds.